The molecule has 0 fully saturated rings. The predicted octanol–water partition coefficient (Wildman–Crippen LogP) is 1.49. The number of unbranched alkanes of at least 4 members (excludes halogenated alkanes) is 5. The Kier molecular flexibility index (Phi) is 26.0. The summed E-state index contributed by atoms with van der Waals surface area (Å²) in [7, 11) is 0. The number of hydrogen-bond donors (Lipinski definition) is 4. The fourth-order valence-corrected chi connectivity index (χ4v) is 0.931. The lowest BCUT2D eigenvalue weighted by atomic mass is 10.1. The van der Waals surface area contributed by atoms with Gasteiger partial charge in [0.2, 0.25) is 0 Å². The van der Waals surface area contributed by atoms with Crippen LogP contribution in [0.25, 0.3) is 0 Å². The Morgan fingerprint density at radius 1 is 0.667 bits per heavy atom. The molecule has 18 heavy (non-hydrogen) atoms. The van der Waals surface area contributed by atoms with Crippen molar-refractivity contribution < 1.29 is 30.0 Å². The molecule has 110 valence electrons. The molecule has 0 unspecified atom stereocenters. The first kappa shape index (κ1) is 22.1. The second-order valence-corrected chi connectivity index (χ2v) is 3.61. The number of carbonyl (C=O) groups is 2. The highest BCUT2D eigenvalue weighted by molar-refractivity contribution is 5.63. The summed E-state index contributed by atoms with van der Waals surface area (Å²) in [6.45, 7) is 2.81. The van der Waals surface area contributed by atoms with Gasteiger partial charge < -0.3 is 20.4 Å². The lowest BCUT2D eigenvalue weighted by Gasteiger charge is -1.97. The Balaban J connectivity index is -0.000000233. The average Bonchev–Trinajstić information content (AvgIpc) is 2.22. The van der Waals surface area contributed by atoms with E-state index in [1.54, 1.807) is 0 Å². The molecular formula is C12H26O6. The molecule has 0 aliphatic heterocycles. The van der Waals surface area contributed by atoms with Crippen molar-refractivity contribution >= 4 is 11.9 Å². The van der Waals surface area contributed by atoms with Crippen molar-refractivity contribution in [1.29, 1.82) is 0 Å². The third-order valence-electron chi connectivity index (χ3n) is 1.57. The van der Waals surface area contributed by atoms with E-state index in [9.17, 15) is 0 Å². The lowest BCUT2D eigenvalue weighted by Crippen LogP contribution is -1.85. The van der Waals surface area contributed by atoms with Gasteiger partial charge in [-0.25, -0.2) is 0 Å². The molecule has 0 saturated heterocycles. The maximum Gasteiger partial charge on any atom is 0.300 e. The minimum atomic E-state index is -0.833. The standard InChI is InChI=1S/C8H18O2.2C2H4O2/c9-7-5-3-1-2-4-6-8-10;2*1-2(3)4/h9-10H,1-8H2;2*1H3,(H,3,4). The van der Waals surface area contributed by atoms with E-state index >= 15 is 0 Å². The molecule has 6 heteroatoms. The number of hydrogen-bond acceptors (Lipinski definition) is 4. The Bertz CT molecular complexity index is 153. The summed E-state index contributed by atoms with van der Waals surface area (Å²) in [4.78, 5) is 18.0. The van der Waals surface area contributed by atoms with Crippen LogP contribution in [0, 0.1) is 0 Å². The smallest absolute Gasteiger partial charge is 0.300 e. The molecule has 6 nitrogen and oxygen atoms in total. The van der Waals surface area contributed by atoms with Gasteiger partial charge in [0.1, 0.15) is 0 Å². The van der Waals surface area contributed by atoms with Gasteiger partial charge in [0.25, 0.3) is 11.9 Å². The van der Waals surface area contributed by atoms with Crippen molar-refractivity contribution in [2.75, 3.05) is 13.2 Å². The minimum absolute atomic E-state index is 0.319. The first-order chi connectivity index (χ1) is 8.38. The zero-order valence-corrected chi connectivity index (χ0v) is 11.3. The van der Waals surface area contributed by atoms with Gasteiger partial charge in [0, 0.05) is 27.1 Å². The molecule has 0 rings (SSSR count). The molecule has 0 amide bonds. The summed E-state index contributed by atoms with van der Waals surface area (Å²) in [5.74, 6) is -1.67. The summed E-state index contributed by atoms with van der Waals surface area (Å²) in [6, 6.07) is 0. The van der Waals surface area contributed by atoms with E-state index in [0.29, 0.717) is 13.2 Å². The molecule has 4 N–H and O–H groups in total. The zero-order chi connectivity index (χ0) is 14.8. The fourth-order valence-electron chi connectivity index (χ4n) is 0.931. The van der Waals surface area contributed by atoms with Gasteiger partial charge in [0.05, 0.1) is 0 Å². The van der Waals surface area contributed by atoms with Crippen LogP contribution >= 0.6 is 0 Å². The Labute approximate surface area is 108 Å². The second-order valence-electron chi connectivity index (χ2n) is 3.61. The molecule has 0 aliphatic carbocycles. The van der Waals surface area contributed by atoms with E-state index in [0.717, 1.165) is 39.5 Å². The van der Waals surface area contributed by atoms with Gasteiger partial charge in [-0.1, -0.05) is 25.7 Å². The van der Waals surface area contributed by atoms with Crippen LogP contribution < -0.4 is 0 Å². The van der Waals surface area contributed by atoms with Gasteiger partial charge in [-0.2, -0.15) is 0 Å². The van der Waals surface area contributed by atoms with E-state index in [4.69, 9.17) is 30.0 Å². The number of aliphatic hydroxyl groups excluding tert-OH is 2. The Hall–Kier alpha value is -1.14. The highest BCUT2D eigenvalue weighted by Gasteiger charge is 1.88. The van der Waals surface area contributed by atoms with Crippen molar-refractivity contribution in [2.45, 2.75) is 52.4 Å². The maximum atomic E-state index is 9.00. The SMILES string of the molecule is CC(=O)O.CC(=O)O.OCCCCCCCCO. The van der Waals surface area contributed by atoms with Crippen LogP contribution in [0.5, 0.6) is 0 Å². The zero-order valence-electron chi connectivity index (χ0n) is 11.3. The van der Waals surface area contributed by atoms with Crippen LogP contribution in [0.1, 0.15) is 52.4 Å². The third kappa shape index (κ3) is 83.1. The van der Waals surface area contributed by atoms with E-state index < -0.39 is 11.9 Å². The van der Waals surface area contributed by atoms with Crippen molar-refractivity contribution in [3.05, 3.63) is 0 Å². The van der Waals surface area contributed by atoms with E-state index in [-0.39, 0.29) is 0 Å². The summed E-state index contributed by atoms with van der Waals surface area (Å²) in [6.07, 6.45) is 6.50. The van der Waals surface area contributed by atoms with Crippen molar-refractivity contribution in [3.8, 4) is 0 Å². The fraction of sp³-hybridized carbons (Fsp3) is 0.833. The van der Waals surface area contributed by atoms with Crippen LogP contribution in [-0.2, 0) is 9.59 Å². The summed E-state index contributed by atoms with van der Waals surface area (Å²) < 4.78 is 0. The largest absolute Gasteiger partial charge is 0.481 e. The number of carboxylic acid groups (broad SMARTS) is 2. The first-order valence-electron chi connectivity index (χ1n) is 5.99. The summed E-state index contributed by atoms with van der Waals surface area (Å²) >= 11 is 0. The molecule has 0 atom stereocenters. The van der Waals surface area contributed by atoms with Gasteiger partial charge in [0.15, 0.2) is 0 Å². The van der Waals surface area contributed by atoms with Gasteiger partial charge in [-0.15, -0.1) is 0 Å². The van der Waals surface area contributed by atoms with Crippen molar-refractivity contribution in [1.82, 2.24) is 0 Å². The maximum absolute atomic E-state index is 9.00. The number of aliphatic hydroxyl groups is 2. The van der Waals surface area contributed by atoms with Crippen molar-refractivity contribution in [2.24, 2.45) is 0 Å². The molecule has 0 aromatic rings. The van der Waals surface area contributed by atoms with Crippen molar-refractivity contribution in [3.63, 3.8) is 0 Å². The monoisotopic (exact) mass is 266 g/mol. The average molecular weight is 266 g/mol. The molecule has 0 aromatic carbocycles. The third-order valence-corrected chi connectivity index (χ3v) is 1.57. The Morgan fingerprint density at radius 2 is 0.833 bits per heavy atom. The molecular weight excluding hydrogens is 240 g/mol. The molecule has 0 heterocycles. The molecule has 0 bridgehead atoms. The predicted molar refractivity (Wildman–Crippen MR) is 68.5 cm³/mol. The molecule has 0 spiro atoms. The van der Waals surface area contributed by atoms with Gasteiger partial charge >= 0.3 is 0 Å². The molecule has 0 aliphatic rings. The second kappa shape index (κ2) is 21.2. The molecule has 0 radical (unpaired) electrons. The summed E-state index contributed by atoms with van der Waals surface area (Å²) in [5.41, 5.74) is 0. The number of carboxylic acids is 2. The van der Waals surface area contributed by atoms with Gasteiger partial charge in [-0.05, 0) is 12.8 Å². The van der Waals surface area contributed by atoms with Crippen LogP contribution in [0.15, 0.2) is 0 Å². The molecule has 0 aromatic heterocycles. The minimum Gasteiger partial charge on any atom is -0.481 e. The van der Waals surface area contributed by atoms with Crippen LogP contribution in [-0.4, -0.2) is 45.6 Å². The van der Waals surface area contributed by atoms with E-state index in [1.807, 2.05) is 0 Å². The normalized spacial score (nSPS) is 8.44. The highest BCUT2D eigenvalue weighted by atomic mass is 16.4. The number of aliphatic carboxylic acids is 2. The van der Waals surface area contributed by atoms with Crippen LogP contribution in [0.4, 0.5) is 0 Å². The topological polar surface area (TPSA) is 115 Å². The van der Waals surface area contributed by atoms with Crippen LogP contribution in [0.2, 0.25) is 0 Å². The van der Waals surface area contributed by atoms with Crippen LogP contribution in [0.3, 0.4) is 0 Å². The number of rotatable bonds is 7. The quantitative estimate of drug-likeness (QED) is 0.519. The highest BCUT2D eigenvalue weighted by Crippen LogP contribution is 2.03. The van der Waals surface area contributed by atoms with Gasteiger partial charge in [-0.3, -0.25) is 9.59 Å². The summed E-state index contributed by atoms with van der Waals surface area (Å²) in [5, 5.41) is 31.7. The lowest BCUT2D eigenvalue weighted by molar-refractivity contribution is -0.135. The molecule has 0 saturated carbocycles. The van der Waals surface area contributed by atoms with E-state index in [1.165, 1.54) is 12.8 Å². The first-order valence-corrected chi connectivity index (χ1v) is 5.99. The Morgan fingerprint density at radius 3 is 1.00 bits per heavy atom. The van der Waals surface area contributed by atoms with E-state index in [2.05, 4.69) is 0 Å².